The van der Waals surface area contributed by atoms with Gasteiger partial charge in [0.25, 0.3) is 0 Å². The zero-order valence-electron chi connectivity index (χ0n) is 7.79. The summed E-state index contributed by atoms with van der Waals surface area (Å²) in [4.78, 5) is 10.8. The molecule has 0 atom stereocenters. The number of hydrogen-bond acceptors (Lipinski definition) is 4. The fraction of sp³-hybridized carbons (Fsp3) is 0.500. The lowest BCUT2D eigenvalue weighted by Gasteiger charge is -2.14. The van der Waals surface area contributed by atoms with Gasteiger partial charge in [-0.2, -0.15) is 0 Å². The number of hydrogen-bond donors (Lipinski definition) is 2. The molecular weight excluding hydrogens is 172 g/mol. The van der Waals surface area contributed by atoms with Crippen molar-refractivity contribution < 1.29 is 14.4 Å². The van der Waals surface area contributed by atoms with Gasteiger partial charge in [0.15, 0.2) is 11.6 Å². The van der Waals surface area contributed by atoms with E-state index in [-0.39, 0.29) is 11.4 Å². The lowest BCUT2D eigenvalue weighted by atomic mass is 9.90. The van der Waals surface area contributed by atoms with Crippen LogP contribution in [0.15, 0.2) is 4.52 Å². The Morgan fingerprint density at radius 3 is 2.38 bits per heavy atom. The zero-order valence-corrected chi connectivity index (χ0v) is 7.79. The molecule has 0 aliphatic heterocycles. The SMILES string of the molecule is CC(C)(C)c1onc(N)c1C(=O)O. The molecule has 0 radical (unpaired) electrons. The average molecular weight is 184 g/mol. The first-order valence-corrected chi connectivity index (χ1v) is 3.83. The fourth-order valence-electron chi connectivity index (χ4n) is 1.02. The smallest absolute Gasteiger partial charge is 0.343 e. The van der Waals surface area contributed by atoms with Crippen LogP contribution in [0.1, 0.15) is 36.9 Å². The van der Waals surface area contributed by atoms with Crippen LogP contribution in [0.25, 0.3) is 0 Å². The number of nitrogen functional groups attached to an aromatic ring is 1. The molecule has 0 spiro atoms. The summed E-state index contributed by atoms with van der Waals surface area (Å²) in [6.07, 6.45) is 0. The minimum atomic E-state index is -1.11. The second kappa shape index (κ2) is 2.76. The summed E-state index contributed by atoms with van der Waals surface area (Å²) in [5, 5.41) is 12.2. The minimum absolute atomic E-state index is 0.0347. The molecule has 0 saturated carbocycles. The maximum Gasteiger partial charge on any atom is 0.343 e. The first-order chi connectivity index (χ1) is 5.84. The Morgan fingerprint density at radius 2 is 2.08 bits per heavy atom. The van der Waals surface area contributed by atoms with Crippen molar-refractivity contribution in [3.63, 3.8) is 0 Å². The van der Waals surface area contributed by atoms with Crippen molar-refractivity contribution in [1.29, 1.82) is 0 Å². The number of aromatic carboxylic acids is 1. The molecule has 0 aliphatic carbocycles. The summed E-state index contributed by atoms with van der Waals surface area (Å²) in [6, 6.07) is 0. The van der Waals surface area contributed by atoms with Crippen molar-refractivity contribution in [2.45, 2.75) is 26.2 Å². The third-order valence-corrected chi connectivity index (χ3v) is 1.61. The highest BCUT2D eigenvalue weighted by Crippen LogP contribution is 2.28. The molecule has 72 valence electrons. The van der Waals surface area contributed by atoms with Crippen LogP contribution in [0.4, 0.5) is 5.82 Å². The van der Waals surface area contributed by atoms with Crippen molar-refractivity contribution >= 4 is 11.8 Å². The van der Waals surface area contributed by atoms with Crippen molar-refractivity contribution in [3.8, 4) is 0 Å². The predicted molar refractivity (Wildman–Crippen MR) is 46.6 cm³/mol. The molecule has 1 rings (SSSR count). The van der Waals surface area contributed by atoms with Crippen LogP contribution < -0.4 is 5.73 Å². The van der Waals surface area contributed by atoms with E-state index in [1.165, 1.54) is 0 Å². The largest absolute Gasteiger partial charge is 0.477 e. The summed E-state index contributed by atoms with van der Waals surface area (Å²) in [7, 11) is 0. The van der Waals surface area contributed by atoms with E-state index < -0.39 is 11.4 Å². The van der Waals surface area contributed by atoms with E-state index in [2.05, 4.69) is 5.16 Å². The molecule has 1 heterocycles. The monoisotopic (exact) mass is 184 g/mol. The topological polar surface area (TPSA) is 89.4 Å². The zero-order chi connectivity index (χ0) is 10.2. The van der Waals surface area contributed by atoms with E-state index in [1.54, 1.807) is 0 Å². The van der Waals surface area contributed by atoms with Crippen molar-refractivity contribution in [2.24, 2.45) is 0 Å². The predicted octanol–water partition coefficient (Wildman–Crippen LogP) is 1.25. The van der Waals surface area contributed by atoms with E-state index >= 15 is 0 Å². The number of carbonyl (C=O) groups is 1. The van der Waals surface area contributed by atoms with Crippen LogP contribution in [-0.4, -0.2) is 16.2 Å². The quantitative estimate of drug-likeness (QED) is 0.685. The lowest BCUT2D eigenvalue weighted by molar-refractivity contribution is 0.0693. The van der Waals surface area contributed by atoms with Gasteiger partial charge in [-0.05, 0) is 0 Å². The number of nitrogens with two attached hydrogens (primary N) is 1. The Kier molecular flexibility index (Phi) is 2.03. The van der Waals surface area contributed by atoms with E-state index in [0.29, 0.717) is 5.76 Å². The number of aromatic nitrogens is 1. The van der Waals surface area contributed by atoms with Gasteiger partial charge in [-0.15, -0.1) is 0 Å². The molecule has 5 heteroatoms. The van der Waals surface area contributed by atoms with E-state index in [4.69, 9.17) is 15.4 Å². The fourth-order valence-corrected chi connectivity index (χ4v) is 1.02. The molecule has 0 aliphatic rings. The minimum Gasteiger partial charge on any atom is -0.477 e. The van der Waals surface area contributed by atoms with Gasteiger partial charge in [0.05, 0.1) is 0 Å². The Morgan fingerprint density at radius 1 is 1.54 bits per heavy atom. The van der Waals surface area contributed by atoms with Gasteiger partial charge in [0, 0.05) is 5.41 Å². The van der Waals surface area contributed by atoms with Gasteiger partial charge in [0.2, 0.25) is 0 Å². The molecule has 3 N–H and O–H groups in total. The maximum absolute atomic E-state index is 10.8. The molecule has 0 bridgehead atoms. The van der Waals surface area contributed by atoms with Crippen molar-refractivity contribution in [1.82, 2.24) is 5.16 Å². The number of carboxylic acids is 1. The Hall–Kier alpha value is -1.52. The molecule has 0 fully saturated rings. The first kappa shape index (κ1) is 9.57. The molecular formula is C8H12N2O3. The number of carboxylic acid groups (broad SMARTS) is 1. The third kappa shape index (κ3) is 1.63. The Labute approximate surface area is 75.5 Å². The van der Waals surface area contributed by atoms with Crippen molar-refractivity contribution in [3.05, 3.63) is 11.3 Å². The highest BCUT2D eigenvalue weighted by atomic mass is 16.5. The van der Waals surface area contributed by atoms with E-state index in [0.717, 1.165) is 0 Å². The van der Waals surface area contributed by atoms with Gasteiger partial charge < -0.3 is 15.4 Å². The molecule has 0 unspecified atom stereocenters. The summed E-state index contributed by atoms with van der Waals surface area (Å²) in [5.74, 6) is -0.876. The number of nitrogens with zero attached hydrogens (tertiary/aromatic N) is 1. The summed E-state index contributed by atoms with van der Waals surface area (Å²) in [5.41, 5.74) is 4.91. The van der Waals surface area contributed by atoms with Crippen LogP contribution in [0.3, 0.4) is 0 Å². The summed E-state index contributed by atoms with van der Waals surface area (Å²) in [6.45, 7) is 5.50. The molecule has 0 saturated heterocycles. The maximum atomic E-state index is 10.8. The standard InChI is InChI=1S/C8H12N2O3/c1-8(2,3)5-4(7(11)12)6(9)10-13-5/h1-3H3,(H2,9,10)(H,11,12). The number of anilines is 1. The van der Waals surface area contributed by atoms with Gasteiger partial charge in [-0.25, -0.2) is 4.79 Å². The van der Waals surface area contributed by atoms with E-state index in [9.17, 15) is 4.79 Å². The van der Waals surface area contributed by atoms with Crippen LogP contribution in [-0.2, 0) is 5.41 Å². The average Bonchev–Trinajstić information content (AvgIpc) is 2.28. The number of rotatable bonds is 1. The third-order valence-electron chi connectivity index (χ3n) is 1.61. The van der Waals surface area contributed by atoms with Crippen molar-refractivity contribution in [2.75, 3.05) is 5.73 Å². The van der Waals surface area contributed by atoms with Crippen LogP contribution in [0.2, 0.25) is 0 Å². The Balaban J connectivity index is 3.31. The Bertz CT molecular complexity index is 336. The second-order valence-electron chi connectivity index (χ2n) is 3.83. The first-order valence-electron chi connectivity index (χ1n) is 3.83. The normalized spacial score (nSPS) is 11.6. The molecule has 5 nitrogen and oxygen atoms in total. The highest BCUT2D eigenvalue weighted by molar-refractivity contribution is 5.93. The van der Waals surface area contributed by atoms with Gasteiger partial charge in [0.1, 0.15) is 5.56 Å². The lowest BCUT2D eigenvalue weighted by Crippen LogP contribution is -2.15. The summed E-state index contributed by atoms with van der Waals surface area (Å²) < 4.78 is 4.87. The summed E-state index contributed by atoms with van der Waals surface area (Å²) >= 11 is 0. The second-order valence-corrected chi connectivity index (χ2v) is 3.83. The van der Waals surface area contributed by atoms with Gasteiger partial charge in [-0.1, -0.05) is 25.9 Å². The molecule has 13 heavy (non-hydrogen) atoms. The van der Waals surface area contributed by atoms with E-state index in [1.807, 2.05) is 20.8 Å². The molecule has 0 aromatic carbocycles. The van der Waals surface area contributed by atoms with Crippen LogP contribution >= 0.6 is 0 Å². The van der Waals surface area contributed by atoms with Gasteiger partial charge in [-0.3, -0.25) is 0 Å². The van der Waals surface area contributed by atoms with Crippen LogP contribution in [0.5, 0.6) is 0 Å². The van der Waals surface area contributed by atoms with Crippen LogP contribution in [0, 0.1) is 0 Å². The molecule has 0 amide bonds. The highest BCUT2D eigenvalue weighted by Gasteiger charge is 2.29. The van der Waals surface area contributed by atoms with Gasteiger partial charge >= 0.3 is 5.97 Å². The molecule has 1 aromatic rings. The molecule has 1 aromatic heterocycles.